The van der Waals surface area contributed by atoms with Gasteiger partial charge in [-0.2, -0.15) is 70.2 Å². The maximum Gasteiger partial charge on any atom is 1.00 e. The Morgan fingerprint density at radius 1 is 0.500 bits per heavy atom. The van der Waals surface area contributed by atoms with Crippen LogP contribution in [0, 0.1) is 0 Å². The molecule has 0 aromatic rings. The summed E-state index contributed by atoms with van der Waals surface area (Å²) in [5.41, 5.74) is 0. The molecule has 32 heavy (non-hydrogen) atoms. The summed E-state index contributed by atoms with van der Waals surface area (Å²) in [4.78, 5) is 0. The van der Waals surface area contributed by atoms with Gasteiger partial charge in [-0.3, -0.25) is 0 Å². The van der Waals surface area contributed by atoms with Gasteiger partial charge in [0.25, 0.3) is 0 Å². The average Bonchev–Trinajstić information content (AvgIpc) is 2.52. The summed E-state index contributed by atoms with van der Waals surface area (Å²) in [5.74, 6) is -60.4. The first-order chi connectivity index (χ1) is 12.9. The standard InChI is InChI=1S/C9H2F18O3S.K/c10-1(11)2(12,13)3(14,15)4(16,17)5(18,19)6(20,21)7(22,23)8(24,25)9(26,27)31(28,29)30;/h1H,(H,28,29,30);/q;+1/p-1. The monoisotopic (exact) mass is 570 g/mol. The van der Waals surface area contributed by atoms with Gasteiger partial charge in [0.05, 0.1) is 0 Å². The van der Waals surface area contributed by atoms with Crippen molar-refractivity contribution in [1.82, 2.24) is 0 Å². The van der Waals surface area contributed by atoms with Gasteiger partial charge < -0.3 is 4.55 Å². The molecule has 0 saturated heterocycles. The predicted octanol–water partition coefficient (Wildman–Crippen LogP) is 1.84. The molecule has 0 aliphatic rings. The Morgan fingerprint density at radius 3 is 0.938 bits per heavy atom. The molecule has 0 bridgehead atoms. The molecule has 0 rings (SSSR count). The second-order valence-corrected chi connectivity index (χ2v) is 6.76. The van der Waals surface area contributed by atoms with Crippen LogP contribution in [0.15, 0.2) is 0 Å². The Hall–Kier alpha value is 0.286. The Bertz CT molecular complexity index is 790. The fourth-order valence-electron chi connectivity index (χ4n) is 1.47. The van der Waals surface area contributed by atoms with Crippen molar-refractivity contribution in [2.24, 2.45) is 0 Å². The summed E-state index contributed by atoms with van der Waals surface area (Å²) >= 11 is 0. The van der Waals surface area contributed by atoms with Gasteiger partial charge in [0.15, 0.2) is 10.1 Å². The van der Waals surface area contributed by atoms with E-state index in [-0.39, 0.29) is 51.4 Å². The topological polar surface area (TPSA) is 57.2 Å². The van der Waals surface area contributed by atoms with E-state index in [4.69, 9.17) is 0 Å². The quantitative estimate of drug-likeness (QED) is 0.242. The van der Waals surface area contributed by atoms with E-state index in [0.717, 1.165) is 0 Å². The van der Waals surface area contributed by atoms with E-state index in [1.807, 2.05) is 0 Å². The summed E-state index contributed by atoms with van der Waals surface area (Å²) in [7, 11) is -8.19. The first-order valence-corrected chi connectivity index (χ1v) is 7.61. The minimum atomic E-state index is -9.01. The summed E-state index contributed by atoms with van der Waals surface area (Å²) in [6.07, 6.45) is -6.09. The second-order valence-electron chi connectivity index (χ2n) is 5.34. The van der Waals surface area contributed by atoms with E-state index in [9.17, 15) is 92.0 Å². The molecular formula is C9HF18KO3S. The van der Waals surface area contributed by atoms with Crippen LogP contribution >= 0.6 is 0 Å². The van der Waals surface area contributed by atoms with Crippen LogP contribution in [-0.4, -0.2) is 66.1 Å². The zero-order valence-electron chi connectivity index (χ0n) is 14.0. The molecule has 0 spiro atoms. The Labute approximate surface area is 205 Å². The molecule has 0 atom stereocenters. The van der Waals surface area contributed by atoms with Crippen molar-refractivity contribution in [3.63, 3.8) is 0 Å². The molecule has 0 saturated carbocycles. The zero-order chi connectivity index (χ0) is 26.1. The first kappa shape index (κ1) is 34.5. The van der Waals surface area contributed by atoms with Crippen molar-refractivity contribution in [3.8, 4) is 0 Å². The van der Waals surface area contributed by atoms with Crippen LogP contribution in [0.4, 0.5) is 79.0 Å². The minimum absolute atomic E-state index is 0. The predicted molar refractivity (Wildman–Crippen MR) is 55.3 cm³/mol. The molecule has 188 valence electrons. The number of rotatable bonds is 9. The maximum atomic E-state index is 13.2. The van der Waals surface area contributed by atoms with Crippen molar-refractivity contribution in [2.75, 3.05) is 0 Å². The molecule has 0 amide bonds. The summed E-state index contributed by atoms with van der Waals surface area (Å²) < 4.78 is 260. The van der Waals surface area contributed by atoms with Crippen LogP contribution in [0.25, 0.3) is 0 Å². The van der Waals surface area contributed by atoms with Gasteiger partial charge in [-0.05, 0) is 0 Å². The average molecular weight is 570 g/mol. The Morgan fingerprint density at radius 2 is 0.719 bits per heavy atom. The van der Waals surface area contributed by atoms with Crippen LogP contribution in [0.5, 0.6) is 0 Å². The van der Waals surface area contributed by atoms with Crippen LogP contribution in [0.3, 0.4) is 0 Å². The summed E-state index contributed by atoms with van der Waals surface area (Å²) in [6.45, 7) is 0. The van der Waals surface area contributed by atoms with Crippen molar-refractivity contribution >= 4 is 10.1 Å². The summed E-state index contributed by atoms with van der Waals surface area (Å²) in [6, 6.07) is 0. The molecular weight excluding hydrogens is 569 g/mol. The molecule has 0 aromatic heterocycles. The van der Waals surface area contributed by atoms with E-state index in [1.54, 1.807) is 0 Å². The van der Waals surface area contributed by atoms with Gasteiger partial charge in [-0.15, -0.1) is 0 Å². The number of hydrogen-bond acceptors (Lipinski definition) is 3. The molecule has 0 fully saturated rings. The molecule has 0 aromatic carbocycles. The molecule has 23 heteroatoms. The van der Waals surface area contributed by atoms with Gasteiger partial charge >= 0.3 is 105 Å². The van der Waals surface area contributed by atoms with Crippen molar-refractivity contribution in [3.05, 3.63) is 0 Å². The molecule has 0 aliphatic heterocycles. The Kier molecular flexibility index (Phi) is 9.42. The molecule has 0 aliphatic carbocycles. The molecule has 0 N–H and O–H groups in total. The van der Waals surface area contributed by atoms with Gasteiger partial charge in [-0.1, -0.05) is 0 Å². The normalized spacial score (nSPS) is 16.2. The zero-order valence-corrected chi connectivity index (χ0v) is 18.0. The van der Waals surface area contributed by atoms with Crippen molar-refractivity contribution in [1.29, 1.82) is 0 Å². The third-order valence-electron chi connectivity index (χ3n) is 3.34. The van der Waals surface area contributed by atoms with Crippen molar-refractivity contribution < 1.29 is 143 Å². The van der Waals surface area contributed by atoms with Gasteiger partial charge in [0.2, 0.25) is 0 Å². The van der Waals surface area contributed by atoms with E-state index in [2.05, 4.69) is 0 Å². The third kappa shape index (κ3) is 4.24. The first-order valence-electron chi connectivity index (χ1n) is 6.20. The maximum absolute atomic E-state index is 13.2. The van der Waals surface area contributed by atoms with E-state index >= 15 is 0 Å². The largest absolute Gasteiger partial charge is 1.00 e. The molecule has 0 radical (unpaired) electrons. The third-order valence-corrected chi connectivity index (χ3v) is 4.23. The van der Waals surface area contributed by atoms with E-state index in [0.29, 0.717) is 0 Å². The van der Waals surface area contributed by atoms with Crippen LogP contribution in [-0.2, 0) is 10.1 Å². The van der Waals surface area contributed by atoms with Crippen LogP contribution < -0.4 is 51.4 Å². The van der Waals surface area contributed by atoms with E-state index < -0.39 is 63.3 Å². The SMILES string of the molecule is O=S(=O)([O-])C(F)(F)C(F)(F)C(F)(F)C(F)(F)C(F)(F)C(F)(F)C(F)(F)C(F)(F)C(F)F.[K+]. The molecule has 0 unspecified atom stereocenters. The van der Waals surface area contributed by atoms with Gasteiger partial charge in [-0.25, -0.2) is 17.2 Å². The van der Waals surface area contributed by atoms with Gasteiger partial charge in [0.1, 0.15) is 0 Å². The number of alkyl halides is 18. The van der Waals surface area contributed by atoms with Crippen LogP contribution in [0.2, 0.25) is 0 Å². The molecule has 0 heterocycles. The van der Waals surface area contributed by atoms with Gasteiger partial charge in [0, 0.05) is 0 Å². The number of halogens is 18. The van der Waals surface area contributed by atoms with E-state index in [1.165, 1.54) is 0 Å². The fourth-order valence-corrected chi connectivity index (χ4v) is 1.92. The smallest absolute Gasteiger partial charge is 0.743 e. The fraction of sp³-hybridized carbons (Fsp3) is 1.00. The minimum Gasteiger partial charge on any atom is -0.743 e. The molecule has 3 nitrogen and oxygen atoms in total. The van der Waals surface area contributed by atoms with Crippen LogP contribution in [0.1, 0.15) is 0 Å². The second kappa shape index (κ2) is 8.74. The summed E-state index contributed by atoms with van der Waals surface area (Å²) in [5, 5.41) is -8.01. The number of hydrogen-bond donors (Lipinski definition) is 0. The van der Waals surface area contributed by atoms with Crippen molar-refractivity contribution in [2.45, 2.75) is 53.1 Å². The Balaban J connectivity index is 0.